The van der Waals surface area contributed by atoms with E-state index in [0.29, 0.717) is 5.88 Å². The minimum absolute atomic E-state index is 0.162. The van der Waals surface area contributed by atoms with Gasteiger partial charge in [-0.3, -0.25) is 4.79 Å². The monoisotopic (exact) mass is 283 g/mol. The maximum Gasteiger partial charge on any atom is 0.237 e. The fraction of sp³-hybridized carbons (Fsp3) is 0.235. The minimum atomic E-state index is -0.372. The highest BCUT2D eigenvalue weighted by molar-refractivity contribution is 8.01. The molecule has 2 aromatic rings. The Morgan fingerprint density at radius 2 is 1.40 bits per heavy atom. The van der Waals surface area contributed by atoms with E-state index in [2.05, 4.69) is 29.6 Å². The third-order valence-electron chi connectivity index (χ3n) is 3.66. The van der Waals surface area contributed by atoms with Gasteiger partial charge in [0, 0.05) is 0 Å². The molecule has 20 heavy (non-hydrogen) atoms. The van der Waals surface area contributed by atoms with Gasteiger partial charge in [0.1, 0.15) is 4.75 Å². The van der Waals surface area contributed by atoms with Crippen LogP contribution in [0, 0.1) is 0 Å². The van der Waals surface area contributed by atoms with Gasteiger partial charge in [0.15, 0.2) is 0 Å². The molecule has 1 aliphatic heterocycles. The molecule has 0 radical (unpaired) electrons. The second kappa shape index (κ2) is 5.71. The average Bonchev–Trinajstić information content (AvgIpc) is 2.82. The number of nitrogens with one attached hydrogen (secondary N) is 1. The molecule has 3 rings (SSSR count). The van der Waals surface area contributed by atoms with Crippen molar-refractivity contribution >= 4 is 17.7 Å². The smallest absolute Gasteiger partial charge is 0.237 e. The van der Waals surface area contributed by atoms with Crippen molar-refractivity contribution in [1.82, 2.24) is 5.32 Å². The summed E-state index contributed by atoms with van der Waals surface area (Å²) >= 11 is 1.73. The molecule has 0 spiro atoms. The summed E-state index contributed by atoms with van der Waals surface area (Å²) in [6.45, 7) is 0. The molecule has 1 fully saturated rings. The zero-order valence-electron chi connectivity index (χ0n) is 11.2. The summed E-state index contributed by atoms with van der Waals surface area (Å²) in [6, 6.07) is 20.5. The van der Waals surface area contributed by atoms with E-state index < -0.39 is 0 Å². The van der Waals surface area contributed by atoms with Crippen molar-refractivity contribution in [3.8, 4) is 0 Å². The summed E-state index contributed by atoms with van der Waals surface area (Å²) in [5.74, 6) is 0.869. The van der Waals surface area contributed by atoms with Crippen LogP contribution in [0.2, 0.25) is 0 Å². The van der Waals surface area contributed by atoms with Gasteiger partial charge in [0.25, 0.3) is 0 Å². The highest BCUT2D eigenvalue weighted by Crippen LogP contribution is 2.36. The molecule has 0 saturated carbocycles. The molecule has 1 saturated heterocycles. The van der Waals surface area contributed by atoms with E-state index in [4.69, 9.17) is 0 Å². The fourth-order valence-electron chi connectivity index (χ4n) is 2.64. The Balaban J connectivity index is 1.87. The third kappa shape index (κ3) is 2.73. The lowest BCUT2D eigenvalue weighted by Crippen LogP contribution is -2.40. The Morgan fingerprint density at radius 1 is 0.900 bits per heavy atom. The number of hydrogen-bond acceptors (Lipinski definition) is 2. The van der Waals surface area contributed by atoms with Crippen LogP contribution in [-0.4, -0.2) is 16.5 Å². The first-order valence-corrected chi connectivity index (χ1v) is 7.77. The first-order chi connectivity index (χ1) is 9.78. The number of benzene rings is 2. The normalized spacial score (nSPS) is 16.9. The number of carbonyl (C=O) groups is 1. The third-order valence-corrected chi connectivity index (χ3v) is 4.98. The Morgan fingerprint density at radius 3 is 1.80 bits per heavy atom. The average molecular weight is 283 g/mol. The number of carbonyl (C=O) groups excluding carboxylic acids is 1. The Bertz CT molecular complexity index is 541. The lowest BCUT2D eigenvalue weighted by atomic mass is 9.91. The van der Waals surface area contributed by atoms with Gasteiger partial charge >= 0.3 is 0 Å². The molecule has 1 aliphatic rings. The molecule has 0 unspecified atom stereocenters. The Labute approximate surface area is 123 Å². The van der Waals surface area contributed by atoms with Gasteiger partial charge < -0.3 is 5.32 Å². The SMILES string of the molecule is O=C1NCSC1(Cc1ccccc1)Cc1ccccc1. The lowest BCUT2D eigenvalue weighted by Gasteiger charge is -2.25. The van der Waals surface area contributed by atoms with Crippen LogP contribution in [0.1, 0.15) is 11.1 Å². The van der Waals surface area contributed by atoms with Crippen molar-refractivity contribution in [2.45, 2.75) is 17.6 Å². The molecule has 1 amide bonds. The van der Waals surface area contributed by atoms with Crippen LogP contribution < -0.4 is 5.32 Å². The van der Waals surface area contributed by atoms with Crippen molar-refractivity contribution in [3.63, 3.8) is 0 Å². The molecular weight excluding hydrogens is 266 g/mol. The number of amides is 1. The summed E-state index contributed by atoms with van der Waals surface area (Å²) in [5, 5.41) is 2.97. The molecule has 0 aliphatic carbocycles. The molecule has 3 heteroatoms. The summed E-state index contributed by atoms with van der Waals surface area (Å²) in [7, 11) is 0. The quantitative estimate of drug-likeness (QED) is 0.934. The Kier molecular flexibility index (Phi) is 3.79. The molecule has 1 heterocycles. The van der Waals surface area contributed by atoms with E-state index in [1.165, 1.54) is 11.1 Å². The van der Waals surface area contributed by atoms with Crippen LogP contribution in [0.15, 0.2) is 60.7 Å². The Hall–Kier alpha value is -1.74. The minimum Gasteiger partial charge on any atom is -0.346 e. The highest BCUT2D eigenvalue weighted by atomic mass is 32.2. The predicted molar refractivity (Wildman–Crippen MR) is 83.6 cm³/mol. The van der Waals surface area contributed by atoms with Crippen molar-refractivity contribution < 1.29 is 4.79 Å². The van der Waals surface area contributed by atoms with Crippen molar-refractivity contribution in [2.24, 2.45) is 0 Å². The molecule has 0 atom stereocenters. The molecular formula is C17H17NOS. The van der Waals surface area contributed by atoms with E-state index in [-0.39, 0.29) is 10.7 Å². The van der Waals surface area contributed by atoms with E-state index in [0.717, 1.165) is 12.8 Å². The lowest BCUT2D eigenvalue weighted by molar-refractivity contribution is -0.122. The summed E-state index contributed by atoms with van der Waals surface area (Å²) in [5.41, 5.74) is 2.43. The van der Waals surface area contributed by atoms with Crippen LogP contribution in [0.5, 0.6) is 0 Å². The van der Waals surface area contributed by atoms with Crippen molar-refractivity contribution in [3.05, 3.63) is 71.8 Å². The zero-order chi connectivity index (χ0) is 13.8. The van der Waals surface area contributed by atoms with Gasteiger partial charge in [-0.2, -0.15) is 0 Å². The standard InChI is InChI=1S/C17H17NOS/c19-16-17(20-13-18-16,11-14-7-3-1-4-8-14)12-15-9-5-2-6-10-15/h1-10H,11-13H2,(H,18,19). The van der Waals surface area contributed by atoms with E-state index in [1.54, 1.807) is 11.8 Å². The van der Waals surface area contributed by atoms with E-state index in [9.17, 15) is 4.79 Å². The maximum atomic E-state index is 12.4. The second-order valence-electron chi connectivity index (χ2n) is 5.11. The van der Waals surface area contributed by atoms with Gasteiger partial charge in [-0.15, -0.1) is 11.8 Å². The van der Waals surface area contributed by atoms with Gasteiger partial charge in [0.2, 0.25) is 5.91 Å². The summed E-state index contributed by atoms with van der Waals surface area (Å²) < 4.78 is -0.372. The largest absolute Gasteiger partial charge is 0.346 e. The number of hydrogen-bond donors (Lipinski definition) is 1. The fourth-order valence-corrected chi connectivity index (χ4v) is 3.86. The van der Waals surface area contributed by atoms with E-state index >= 15 is 0 Å². The van der Waals surface area contributed by atoms with Crippen molar-refractivity contribution in [1.29, 1.82) is 0 Å². The molecule has 0 aromatic heterocycles. The van der Waals surface area contributed by atoms with Gasteiger partial charge in [0.05, 0.1) is 5.88 Å². The first-order valence-electron chi connectivity index (χ1n) is 6.79. The van der Waals surface area contributed by atoms with Crippen LogP contribution in [0.4, 0.5) is 0 Å². The predicted octanol–water partition coefficient (Wildman–Crippen LogP) is 3.03. The zero-order valence-corrected chi connectivity index (χ0v) is 12.0. The summed E-state index contributed by atoms with van der Waals surface area (Å²) in [4.78, 5) is 12.4. The molecule has 2 nitrogen and oxygen atoms in total. The van der Waals surface area contributed by atoms with Crippen LogP contribution in [0.3, 0.4) is 0 Å². The molecule has 0 bridgehead atoms. The second-order valence-corrected chi connectivity index (χ2v) is 6.47. The van der Waals surface area contributed by atoms with Gasteiger partial charge in [-0.25, -0.2) is 0 Å². The topological polar surface area (TPSA) is 29.1 Å². The molecule has 1 N–H and O–H groups in total. The van der Waals surface area contributed by atoms with Crippen LogP contribution in [0.25, 0.3) is 0 Å². The van der Waals surface area contributed by atoms with Crippen LogP contribution >= 0.6 is 11.8 Å². The molecule has 102 valence electrons. The van der Waals surface area contributed by atoms with Crippen LogP contribution in [-0.2, 0) is 17.6 Å². The first kappa shape index (κ1) is 13.3. The molecule has 2 aromatic carbocycles. The van der Waals surface area contributed by atoms with Gasteiger partial charge in [-0.05, 0) is 24.0 Å². The van der Waals surface area contributed by atoms with E-state index in [1.807, 2.05) is 36.4 Å². The highest BCUT2D eigenvalue weighted by Gasteiger charge is 2.43. The number of thioether (sulfide) groups is 1. The van der Waals surface area contributed by atoms with Gasteiger partial charge in [-0.1, -0.05) is 60.7 Å². The summed E-state index contributed by atoms with van der Waals surface area (Å²) in [6.07, 6.45) is 1.55. The number of rotatable bonds is 4. The van der Waals surface area contributed by atoms with Crippen molar-refractivity contribution in [2.75, 3.05) is 5.88 Å². The maximum absolute atomic E-state index is 12.4.